The zero-order valence-corrected chi connectivity index (χ0v) is 28.1. The first-order valence-corrected chi connectivity index (χ1v) is 15.9. The molecule has 6 aromatic rings. The van der Waals surface area contributed by atoms with Gasteiger partial charge in [0.2, 0.25) is 0 Å². The lowest BCUT2D eigenvalue weighted by atomic mass is 9.95. The molecule has 0 radical (unpaired) electrons. The first-order valence-electron chi connectivity index (χ1n) is 15.9. The van der Waals surface area contributed by atoms with Gasteiger partial charge in [0.25, 0.3) is 0 Å². The van der Waals surface area contributed by atoms with Crippen LogP contribution >= 0.6 is 0 Å². The molecule has 0 amide bonds. The first-order chi connectivity index (χ1) is 24.0. The molecule has 0 saturated carbocycles. The van der Waals surface area contributed by atoms with Gasteiger partial charge in [-0.15, -0.1) is 0 Å². The Labute approximate surface area is 288 Å². The summed E-state index contributed by atoms with van der Waals surface area (Å²) in [5.74, 6) is 4.79. The zero-order valence-electron chi connectivity index (χ0n) is 28.1. The van der Waals surface area contributed by atoms with Crippen molar-refractivity contribution in [2.75, 3.05) is 28.4 Å². The first kappa shape index (κ1) is 32.7. The number of hydrogen-bond donors (Lipinski definition) is 0. The molecule has 0 aromatic heterocycles. The summed E-state index contributed by atoms with van der Waals surface area (Å²) in [4.78, 5) is 0. The number of ether oxygens (including phenoxy) is 5. The Kier molecular flexibility index (Phi) is 10.4. The van der Waals surface area contributed by atoms with E-state index in [1.165, 1.54) is 0 Å². The summed E-state index contributed by atoms with van der Waals surface area (Å²) in [6, 6.07) is 48.6. The third-order valence-corrected chi connectivity index (χ3v) is 8.22. The maximum Gasteiger partial charge on any atom is 0.127 e. The summed E-state index contributed by atoms with van der Waals surface area (Å²) in [6.07, 6.45) is 4.36. The van der Waals surface area contributed by atoms with Gasteiger partial charge in [-0.3, -0.25) is 0 Å². The molecule has 5 heteroatoms. The molecular formula is C44H38O5. The van der Waals surface area contributed by atoms with Gasteiger partial charge < -0.3 is 23.7 Å². The van der Waals surface area contributed by atoms with Crippen LogP contribution in [0.2, 0.25) is 0 Å². The van der Waals surface area contributed by atoms with Gasteiger partial charge in [-0.1, -0.05) is 72.8 Å². The molecule has 0 spiro atoms. The lowest BCUT2D eigenvalue weighted by Crippen LogP contribution is -1.91. The van der Waals surface area contributed by atoms with E-state index in [0.717, 1.165) is 79.0 Å². The van der Waals surface area contributed by atoms with E-state index in [4.69, 9.17) is 23.7 Å². The van der Waals surface area contributed by atoms with Gasteiger partial charge in [-0.25, -0.2) is 0 Å². The molecule has 5 nitrogen and oxygen atoms in total. The Hall–Kier alpha value is -6.20. The summed E-state index contributed by atoms with van der Waals surface area (Å²) in [5, 5.41) is 0. The average Bonchev–Trinajstić information content (AvgIpc) is 3.17. The van der Waals surface area contributed by atoms with E-state index in [0.29, 0.717) is 0 Å². The van der Waals surface area contributed by atoms with Crippen molar-refractivity contribution < 1.29 is 23.7 Å². The van der Waals surface area contributed by atoms with Crippen molar-refractivity contribution in [3.63, 3.8) is 0 Å². The predicted octanol–water partition coefficient (Wildman–Crippen LogP) is 10.7. The van der Waals surface area contributed by atoms with E-state index in [1.54, 1.807) is 28.4 Å². The van der Waals surface area contributed by atoms with E-state index in [2.05, 4.69) is 84.9 Å². The third-order valence-electron chi connectivity index (χ3n) is 8.22. The van der Waals surface area contributed by atoms with Gasteiger partial charge in [0.15, 0.2) is 0 Å². The van der Waals surface area contributed by atoms with Crippen molar-refractivity contribution in [2.24, 2.45) is 0 Å². The van der Waals surface area contributed by atoms with E-state index >= 15 is 0 Å². The van der Waals surface area contributed by atoms with Crippen LogP contribution in [0.1, 0.15) is 33.4 Å². The minimum Gasteiger partial charge on any atom is -0.497 e. The molecular weight excluding hydrogens is 608 g/mol. The fourth-order valence-corrected chi connectivity index (χ4v) is 5.48. The standard InChI is InChI=1S/C44H38O5/c1-45-37-21-9-33(10-22-37)43(34-11-23-38(46-2)24-12-34)29-31-5-17-41(18-6-31)49-42-19-7-32(8-20-42)30-44(35-13-25-39(47-3)26-14-35)36-15-27-40(48-4)28-16-36/h5-30H,1-4H3. The second-order valence-electron chi connectivity index (χ2n) is 11.3. The highest BCUT2D eigenvalue weighted by atomic mass is 16.5. The van der Waals surface area contributed by atoms with Crippen LogP contribution in [0.5, 0.6) is 34.5 Å². The molecule has 49 heavy (non-hydrogen) atoms. The van der Waals surface area contributed by atoms with Crippen LogP contribution in [-0.4, -0.2) is 28.4 Å². The van der Waals surface area contributed by atoms with Crippen LogP contribution < -0.4 is 23.7 Å². The molecule has 0 fully saturated rings. The molecule has 0 aliphatic carbocycles. The van der Waals surface area contributed by atoms with Crippen LogP contribution in [0, 0.1) is 0 Å². The highest BCUT2D eigenvalue weighted by molar-refractivity contribution is 5.92. The van der Waals surface area contributed by atoms with Crippen molar-refractivity contribution >= 4 is 23.3 Å². The Balaban J connectivity index is 1.22. The molecule has 0 heterocycles. The van der Waals surface area contributed by atoms with Gasteiger partial charge >= 0.3 is 0 Å². The number of hydrogen-bond acceptors (Lipinski definition) is 5. The van der Waals surface area contributed by atoms with E-state index in [1.807, 2.05) is 72.8 Å². The Morgan fingerprint density at radius 1 is 0.306 bits per heavy atom. The Morgan fingerprint density at radius 3 is 0.755 bits per heavy atom. The Morgan fingerprint density at radius 2 is 0.531 bits per heavy atom. The third kappa shape index (κ3) is 8.21. The highest BCUT2D eigenvalue weighted by Crippen LogP contribution is 2.32. The molecule has 0 saturated heterocycles. The van der Waals surface area contributed by atoms with E-state index in [9.17, 15) is 0 Å². The van der Waals surface area contributed by atoms with Crippen LogP contribution in [-0.2, 0) is 0 Å². The van der Waals surface area contributed by atoms with Crippen LogP contribution in [0.4, 0.5) is 0 Å². The number of rotatable bonds is 12. The summed E-state index contributed by atoms with van der Waals surface area (Å²) >= 11 is 0. The van der Waals surface area contributed by atoms with E-state index < -0.39 is 0 Å². The van der Waals surface area contributed by atoms with Gasteiger partial charge in [0.1, 0.15) is 34.5 Å². The molecule has 0 unspecified atom stereocenters. The maximum atomic E-state index is 6.24. The molecule has 0 aliphatic heterocycles. The Bertz CT molecular complexity index is 1760. The number of methoxy groups -OCH3 is 4. The minimum absolute atomic E-state index is 0.757. The number of benzene rings is 6. The minimum atomic E-state index is 0.757. The topological polar surface area (TPSA) is 46.2 Å². The fraction of sp³-hybridized carbons (Fsp3) is 0.0909. The van der Waals surface area contributed by atoms with Gasteiger partial charge in [-0.05, 0) is 129 Å². The zero-order chi connectivity index (χ0) is 34.0. The molecule has 244 valence electrons. The van der Waals surface area contributed by atoms with E-state index in [-0.39, 0.29) is 0 Å². The second kappa shape index (κ2) is 15.6. The maximum absolute atomic E-state index is 6.24. The fourth-order valence-electron chi connectivity index (χ4n) is 5.48. The van der Waals surface area contributed by atoms with Crippen LogP contribution in [0.3, 0.4) is 0 Å². The average molecular weight is 647 g/mol. The van der Waals surface area contributed by atoms with Gasteiger partial charge in [-0.2, -0.15) is 0 Å². The lowest BCUT2D eigenvalue weighted by Gasteiger charge is -2.12. The summed E-state index contributed by atoms with van der Waals surface area (Å²) in [5.41, 5.74) is 8.63. The molecule has 6 aromatic carbocycles. The van der Waals surface area contributed by atoms with Crippen LogP contribution in [0.15, 0.2) is 146 Å². The van der Waals surface area contributed by atoms with Crippen molar-refractivity contribution in [1.82, 2.24) is 0 Å². The SMILES string of the molecule is COc1ccc(C(=Cc2ccc(Oc3ccc(C=C(c4ccc(OC)cc4)c4ccc(OC)cc4)cc3)cc2)c2ccc(OC)cc2)cc1. The second-order valence-corrected chi connectivity index (χ2v) is 11.3. The quantitative estimate of drug-likeness (QED) is 0.124. The molecule has 0 bridgehead atoms. The molecule has 6 rings (SSSR count). The van der Waals surface area contributed by atoms with Gasteiger partial charge in [0.05, 0.1) is 28.4 Å². The van der Waals surface area contributed by atoms with Crippen molar-refractivity contribution in [3.8, 4) is 34.5 Å². The molecule has 0 N–H and O–H groups in total. The summed E-state index contributed by atoms with van der Waals surface area (Å²) in [6.45, 7) is 0. The normalized spacial score (nSPS) is 10.4. The van der Waals surface area contributed by atoms with Crippen molar-refractivity contribution in [1.29, 1.82) is 0 Å². The van der Waals surface area contributed by atoms with Gasteiger partial charge in [0, 0.05) is 0 Å². The monoisotopic (exact) mass is 646 g/mol. The predicted molar refractivity (Wildman–Crippen MR) is 199 cm³/mol. The molecule has 0 atom stereocenters. The molecule has 0 aliphatic rings. The summed E-state index contributed by atoms with van der Waals surface area (Å²) in [7, 11) is 6.70. The van der Waals surface area contributed by atoms with Crippen molar-refractivity contribution in [3.05, 3.63) is 179 Å². The summed E-state index contributed by atoms with van der Waals surface area (Å²) < 4.78 is 27.8. The van der Waals surface area contributed by atoms with Crippen LogP contribution in [0.25, 0.3) is 23.3 Å². The lowest BCUT2D eigenvalue weighted by molar-refractivity contribution is 0.414. The largest absolute Gasteiger partial charge is 0.497 e. The van der Waals surface area contributed by atoms with Crippen molar-refractivity contribution in [2.45, 2.75) is 0 Å². The highest BCUT2D eigenvalue weighted by Gasteiger charge is 2.09. The smallest absolute Gasteiger partial charge is 0.127 e.